The standard InChI is InChI=1S/C19H26N2O2.CH3NO/c1-5-9-15-14(3)21(4)13-17(15)20-19(22)16-10-7-8-11-18(16)23-12-6-2;2-1-3/h7-8,10-11,13H,5-6,9,12H2,1-4H3,(H,20,22);1H,(H2,2,3). The van der Waals surface area contributed by atoms with Crippen molar-refractivity contribution >= 4 is 18.0 Å². The van der Waals surface area contributed by atoms with Crippen molar-refractivity contribution in [2.45, 2.75) is 40.0 Å². The molecule has 1 heterocycles. The number of amides is 2. The summed E-state index contributed by atoms with van der Waals surface area (Å²) in [5, 5.41) is 3.05. The number of benzene rings is 1. The molecule has 0 bridgehead atoms. The summed E-state index contributed by atoms with van der Waals surface area (Å²) in [6.45, 7) is 6.88. The smallest absolute Gasteiger partial charge is 0.259 e. The molecule has 3 N–H and O–H groups in total. The van der Waals surface area contributed by atoms with Gasteiger partial charge in [0.25, 0.3) is 5.91 Å². The van der Waals surface area contributed by atoms with Gasteiger partial charge in [-0.05, 0) is 37.5 Å². The first-order valence-corrected chi connectivity index (χ1v) is 8.83. The van der Waals surface area contributed by atoms with E-state index in [2.05, 4.69) is 29.5 Å². The number of ether oxygens (including phenoxy) is 1. The minimum absolute atomic E-state index is 0.125. The van der Waals surface area contributed by atoms with E-state index in [4.69, 9.17) is 9.53 Å². The molecule has 6 nitrogen and oxygen atoms in total. The van der Waals surface area contributed by atoms with Gasteiger partial charge in [0, 0.05) is 18.9 Å². The molecule has 6 heteroatoms. The average molecular weight is 359 g/mol. The quantitative estimate of drug-likeness (QED) is 0.743. The molecule has 0 saturated carbocycles. The number of nitrogens with zero attached hydrogens (tertiary/aromatic N) is 1. The zero-order valence-corrected chi connectivity index (χ0v) is 16.0. The van der Waals surface area contributed by atoms with Gasteiger partial charge in [-0.1, -0.05) is 32.4 Å². The summed E-state index contributed by atoms with van der Waals surface area (Å²) in [7, 11) is 2.00. The highest BCUT2D eigenvalue weighted by Gasteiger charge is 2.16. The van der Waals surface area contributed by atoms with Crippen LogP contribution in [0.4, 0.5) is 5.69 Å². The molecule has 1 aromatic carbocycles. The van der Waals surface area contributed by atoms with Crippen LogP contribution in [0.25, 0.3) is 0 Å². The number of carbonyl (C=O) groups is 2. The Hall–Kier alpha value is -2.76. The van der Waals surface area contributed by atoms with Crippen LogP contribution in [0.15, 0.2) is 30.5 Å². The second-order valence-corrected chi connectivity index (χ2v) is 5.90. The van der Waals surface area contributed by atoms with Crippen molar-refractivity contribution in [2.24, 2.45) is 12.8 Å². The van der Waals surface area contributed by atoms with E-state index in [1.807, 2.05) is 38.4 Å². The molecule has 142 valence electrons. The summed E-state index contributed by atoms with van der Waals surface area (Å²) in [6.07, 6.45) is 5.14. The summed E-state index contributed by atoms with van der Waals surface area (Å²) in [5.74, 6) is 0.510. The highest BCUT2D eigenvalue weighted by molar-refractivity contribution is 6.06. The van der Waals surface area contributed by atoms with E-state index < -0.39 is 0 Å². The van der Waals surface area contributed by atoms with Crippen LogP contribution in [0.3, 0.4) is 0 Å². The van der Waals surface area contributed by atoms with Crippen molar-refractivity contribution in [2.75, 3.05) is 11.9 Å². The molecular formula is C20H29N3O3. The van der Waals surface area contributed by atoms with Gasteiger partial charge >= 0.3 is 0 Å². The van der Waals surface area contributed by atoms with Crippen LogP contribution in [0.5, 0.6) is 5.75 Å². The Kier molecular flexibility index (Phi) is 8.98. The predicted molar refractivity (Wildman–Crippen MR) is 105 cm³/mol. The number of hydrogen-bond acceptors (Lipinski definition) is 3. The van der Waals surface area contributed by atoms with Crippen LogP contribution in [-0.4, -0.2) is 23.5 Å². The number of rotatable bonds is 7. The third kappa shape index (κ3) is 5.65. The fourth-order valence-electron chi connectivity index (χ4n) is 2.63. The Balaban J connectivity index is 0.00000105. The second kappa shape index (κ2) is 11.0. The normalized spacial score (nSPS) is 9.85. The number of aromatic nitrogens is 1. The Labute approximate surface area is 155 Å². The summed E-state index contributed by atoms with van der Waals surface area (Å²) in [6, 6.07) is 7.39. The molecule has 1 aromatic heterocycles. The molecule has 0 fully saturated rings. The zero-order valence-electron chi connectivity index (χ0n) is 16.0. The summed E-state index contributed by atoms with van der Waals surface area (Å²) in [4.78, 5) is 21.3. The molecule has 0 unspecified atom stereocenters. The predicted octanol–water partition coefficient (Wildman–Crippen LogP) is 3.43. The number of nitrogens with two attached hydrogens (primary N) is 1. The van der Waals surface area contributed by atoms with Gasteiger partial charge in [0.15, 0.2) is 0 Å². The van der Waals surface area contributed by atoms with Gasteiger partial charge in [-0.2, -0.15) is 0 Å². The molecule has 2 aromatic rings. The van der Waals surface area contributed by atoms with Gasteiger partial charge in [-0.15, -0.1) is 0 Å². The molecule has 0 aliphatic rings. The average Bonchev–Trinajstić information content (AvgIpc) is 2.88. The molecule has 0 spiro atoms. The van der Waals surface area contributed by atoms with Crippen LogP contribution in [0.1, 0.15) is 48.3 Å². The highest BCUT2D eigenvalue weighted by Crippen LogP contribution is 2.25. The van der Waals surface area contributed by atoms with E-state index in [0.717, 1.165) is 24.9 Å². The van der Waals surface area contributed by atoms with Crippen molar-refractivity contribution in [1.82, 2.24) is 4.57 Å². The van der Waals surface area contributed by atoms with E-state index in [0.29, 0.717) is 17.9 Å². The molecule has 26 heavy (non-hydrogen) atoms. The van der Waals surface area contributed by atoms with E-state index in [1.165, 1.54) is 11.3 Å². The second-order valence-electron chi connectivity index (χ2n) is 5.90. The Bertz CT molecular complexity index is 723. The van der Waals surface area contributed by atoms with Crippen molar-refractivity contribution in [3.05, 3.63) is 47.3 Å². The first kappa shape index (κ1) is 21.3. The lowest BCUT2D eigenvalue weighted by Gasteiger charge is -2.11. The van der Waals surface area contributed by atoms with Crippen molar-refractivity contribution in [1.29, 1.82) is 0 Å². The van der Waals surface area contributed by atoms with Crippen molar-refractivity contribution in [3.8, 4) is 5.75 Å². The highest BCUT2D eigenvalue weighted by atomic mass is 16.5. The Morgan fingerprint density at radius 3 is 2.54 bits per heavy atom. The summed E-state index contributed by atoms with van der Waals surface area (Å²) < 4.78 is 7.74. The van der Waals surface area contributed by atoms with Crippen LogP contribution in [-0.2, 0) is 18.3 Å². The topological polar surface area (TPSA) is 86.3 Å². The summed E-state index contributed by atoms with van der Waals surface area (Å²) in [5.41, 5.74) is 8.03. The molecule has 0 aliphatic carbocycles. The van der Waals surface area contributed by atoms with Crippen LogP contribution in [0, 0.1) is 6.92 Å². The van der Waals surface area contributed by atoms with E-state index in [1.54, 1.807) is 6.07 Å². The largest absolute Gasteiger partial charge is 0.493 e. The number of nitrogens with one attached hydrogen (secondary N) is 1. The first-order chi connectivity index (χ1) is 12.5. The monoisotopic (exact) mass is 359 g/mol. The summed E-state index contributed by atoms with van der Waals surface area (Å²) >= 11 is 0. The van der Waals surface area contributed by atoms with Crippen LogP contribution < -0.4 is 15.8 Å². The number of carbonyl (C=O) groups excluding carboxylic acids is 2. The van der Waals surface area contributed by atoms with Crippen molar-refractivity contribution < 1.29 is 14.3 Å². The van der Waals surface area contributed by atoms with Gasteiger partial charge in [0.05, 0.1) is 17.9 Å². The van der Waals surface area contributed by atoms with Gasteiger partial charge in [0.1, 0.15) is 5.75 Å². The number of para-hydroxylation sites is 1. The maximum Gasteiger partial charge on any atom is 0.259 e. The van der Waals surface area contributed by atoms with Gasteiger partial charge < -0.3 is 20.4 Å². The third-order valence-electron chi connectivity index (χ3n) is 3.96. The van der Waals surface area contributed by atoms with Crippen LogP contribution in [0.2, 0.25) is 0 Å². The Morgan fingerprint density at radius 2 is 1.92 bits per heavy atom. The first-order valence-electron chi connectivity index (χ1n) is 8.83. The fourth-order valence-corrected chi connectivity index (χ4v) is 2.63. The fraction of sp³-hybridized carbons (Fsp3) is 0.400. The molecule has 0 atom stereocenters. The Morgan fingerprint density at radius 1 is 1.27 bits per heavy atom. The van der Waals surface area contributed by atoms with Gasteiger partial charge in [-0.25, -0.2) is 0 Å². The number of aryl methyl sites for hydroxylation is 1. The molecule has 0 aliphatic heterocycles. The zero-order chi connectivity index (χ0) is 19.5. The third-order valence-corrected chi connectivity index (χ3v) is 3.96. The van der Waals surface area contributed by atoms with E-state index >= 15 is 0 Å². The number of primary amides is 1. The maximum absolute atomic E-state index is 12.7. The minimum atomic E-state index is -0.125. The SMILES string of the molecule is CCCOc1ccccc1C(=O)Nc1cn(C)c(C)c1CCC.NC=O. The number of hydrogen-bond donors (Lipinski definition) is 2. The van der Waals surface area contributed by atoms with Crippen LogP contribution >= 0.6 is 0 Å². The lowest BCUT2D eigenvalue weighted by Crippen LogP contribution is -2.14. The molecule has 0 radical (unpaired) electrons. The lowest BCUT2D eigenvalue weighted by atomic mass is 10.1. The van der Waals surface area contributed by atoms with E-state index in [-0.39, 0.29) is 12.3 Å². The molecule has 2 rings (SSSR count). The van der Waals surface area contributed by atoms with Gasteiger partial charge in [0.2, 0.25) is 6.41 Å². The number of anilines is 1. The molecular weight excluding hydrogens is 330 g/mol. The van der Waals surface area contributed by atoms with Crippen molar-refractivity contribution in [3.63, 3.8) is 0 Å². The molecule has 2 amide bonds. The van der Waals surface area contributed by atoms with Gasteiger partial charge in [-0.3, -0.25) is 9.59 Å². The molecule has 0 saturated heterocycles. The maximum atomic E-state index is 12.7. The lowest BCUT2D eigenvalue weighted by molar-refractivity contribution is -0.106. The van der Waals surface area contributed by atoms with E-state index in [9.17, 15) is 4.79 Å². The minimum Gasteiger partial charge on any atom is -0.493 e.